The van der Waals surface area contributed by atoms with E-state index in [1.54, 1.807) is 0 Å². The zero-order valence-corrected chi connectivity index (χ0v) is 11.2. The number of nitrogens with two attached hydrogens (primary N) is 1. The number of nitrogens with one attached hydrogen (secondary N) is 1. The number of hydrogen-bond donors (Lipinski definition) is 2. The first-order valence-corrected chi connectivity index (χ1v) is 6.93. The summed E-state index contributed by atoms with van der Waals surface area (Å²) in [7, 11) is 0. The van der Waals surface area contributed by atoms with E-state index in [0.717, 1.165) is 32.2 Å². The highest BCUT2D eigenvalue weighted by Gasteiger charge is 2.36. The number of nitrogens with zero attached hydrogens (tertiary/aromatic N) is 1. The molecule has 1 heterocycles. The van der Waals surface area contributed by atoms with Crippen molar-refractivity contribution in [3.05, 3.63) is 0 Å². The van der Waals surface area contributed by atoms with Crippen molar-refractivity contribution in [3.63, 3.8) is 0 Å². The van der Waals surface area contributed by atoms with Crippen molar-refractivity contribution in [1.82, 2.24) is 10.3 Å². The van der Waals surface area contributed by atoms with Crippen LogP contribution < -0.4 is 11.3 Å². The maximum absolute atomic E-state index is 5.76. The lowest BCUT2D eigenvalue weighted by Gasteiger charge is -2.45. The van der Waals surface area contributed by atoms with Crippen molar-refractivity contribution in [3.8, 4) is 0 Å². The highest BCUT2D eigenvalue weighted by molar-refractivity contribution is 4.94. The van der Waals surface area contributed by atoms with E-state index < -0.39 is 0 Å². The van der Waals surface area contributed by atoms with Crippen LogP contribution in [-0.2, 0) is 4.74 Å². The first-order valence-electron chi connectivity index (χ1n) is 6.93. The number of hydrazine groups is 1. The first-order chi connectivity index (χ1) is 8.14. The highest BCUT2D eigenvalue weighted by Crippen LogP contribution is 2.35. The van der Waals surface area contributed by atoms with Crippen LogP contribution in [0.1, 0.15) is 39.5 Å². The van der Waals surface area contributed by atoms with Gasteiger partial charge in [-0.2, -0.15) is 0 Å². The maximum Gasteiger partial charge on any atom is 0.0594 e. The van der Waals surface area contributed by atoms with Crippen molar-refractivity contribution in [2.75, 3.05) is 26.3 Å². The van der Waals surface area contributed by atoms with Gasteiger partial charge in [0.25, 0.3) is 0 Å². The molecule has 1 saturated carbocycles. The Balaban J connectivity index is 1.88. The normalized spacial score (nSPS) is 24.9. The average molecular weight is 241 g/mol. The maximum atomic E-state index is 5.76. The summed E-state index contributed by atoms with van der Waals surface area (Å²) in [5.74, 6) is 6.74. The van der Waals surface area contributed by atoms with E-state index in [2.05, 4.69) is 24.2 Å². The lowest BCUT2D eigenvalue weighted by atomic mass is 9.88. The molecule has 0 spiro atoms. The first kappa shape index (κ1) is 13.3. The molecule has 0 bridgehead atoms. The fourth-order valence-electron chi connectivity index (χ4n) is 2.81. The number of morpholine rings is 1. The summed E-state index contributed by atoms with van der Waals surface area (Å²) >= 11 is 0. The van der Waals surface area contributed by atoms with E-state index in [-0.39, 0.29) is 5.54 Å². The molecule has 0 amide bonds. The van der Waals surface area contributed by atoms with E-state index in [1.807, 2.05) is 0 Å². The van der Waals surface area contributed by atoms with E-state index in [1.165, 1.54) is 25.7 Å². The van der Waals surface area contributed by atoms with Gasteiger partial charge in [-0.05, 0) is 32.6 Å². The molecular weight excluding hydrogens is 214 g/mol. The van der Waals surface area contributed by atoms with Gasteiger partial charge in [0.05, 0.1) is 13.2 Å². The molecule has 1 saturated heterocycles. The number of ether oxygens (including phenoxy) is 1. The molecule has 4 heteroatoms. The Morgan fingerprint density at radius 3 is 2.53 bits per heavy atom. The van der Waals surface area contributed by atoms with Gasteiger partial charge in [0.1, 0.15) is 0 Å². The minimum Gasteiger partial charge on any atom is -0.379 e. The fourth-order valence-corrected chi connectivity index (χ4v) is 2.81. The summed E-state index contributed by atoms with van der Waals surface area (Å²) in [6.45, 7) is 8.35. The topological polar surface area (TPSA) is 50.5 Å². The largest absolute Gasteiger partial charge is 0.379 e. The van der Waals surface area contributed by atoms with Crippen molar-refractivity contribution < 1.29 is 4.74 Å². The third-order valence-corrected chi connectivity index (χ3v) is 4.44. The molecule has 1 aliphatic heterocycles. The summed E-state index contributed by atoms with van der Waals surface area (Å²) < 4.78 is 5.42. The van der Waals surface area contributed by atoms with Crippen LogP contribution in [0, 0.1) is 5.92 Å². The smallest absolute Gasteiger partial charge is 0.0594 e. The summed E-state index contributed by atoms with van der Waals surface area (Å²) in [5.41, 5.74) is 3.16. The Bertz CT molecular complexity index is 235. The predicted octanol–water partition coefficient (Wildman–Crippen LogP) is 1.12. The second-order valence-corrected chi connectivity index (χ2v) is 5.99. The molecule has 2 fully saturated rings. The molecule has 0 aromatic carbocycles. The van der Waals surface area contributed by atoms with Crippen LogP contribution in [-0.4, -0.2) is 42.8 Å². The van der Waals surface area contributed by atoms with Crippen LogP contribution in [0.25, 0.3) is 0 Å². The number of hydrogen-bond acceptors (Lipinski definition) is 4. The van der Waals surface area contributed by atoms with Crippen LogP contribution in [0.15, 0.2) is 0 Å². The Labute approximate surface area is 105 Å². The van der Waals surface area contributed by atoms with Crippen LogP contribution in [0.5, 0.6) is 0 Å². The van der Waals surface area contributed by atoms with Crippen LogP contribution in [0.2, 0.25) is 0 Å². The van der Waals surface area contributed by atoms with Crippen molar-refractivity contribution in [2.24, 2.45) is 11.8 Å². The van der Waals surface area contributed by atoms with Crippen molar-refractivity contribution >= 4 is 0 Å². The lowest BCUT2D eigenvalue weighted by molar-refractivity contribution is -0.0247. The molecule has 2 rings (SSSR count). The van der Waals surface area contributed by atoms with Crippen molar-refractivity contribution in [1.29, 1.82) is 0 Å². The SMILES string of the molecule is CC(C)(C(CCC1CC1)NN)N1CCOCC1. The van der Waals surface area contributed by atoms with Crippen LogP contribution >= 0.6 is 0 Å². The molecule has 1 aliphatic carbocycles. The Kier molecular flexibility index (Phi) is 4.42. The molecular formula is C13H27N3O. The molecule has 0 aromatic heterocycles. The summed E-state index contributed by atoms with van der Waals surface area (Å²) in [6.07, 6.45) is 5.36. The Hall–Kier alpha value is -0.160. The van der Waals surface area contributed by atoms with Gasteiger partial charge in [-0.25, -0.2) is 0 Å². The van der Waals surface area contributed by atoms with E-state index in [4.69, 9.17) is 10.6 Å². The molecule has 1 unspecified atom stereocenters. The van der Waals surface area contributed by atoms with Crippen LogP contribution in [0.4, 0.5) is 0 Å². The third kappa shape index (κ3) is 3.41. The fraction of sp³-hybridized carbons (Fsp3) is 1.00. The quantitative estimate of drug-likeness (QED) is 0.540. The Morgan fingerprint density at radius 2 is 2.00 bits per heavy atom. The van der Waals surface area contributed by atoms with E-state index in [0.29, 0.717) is 6.04 Å². The molecule has 0 radical (unpaired) electrons. The van der Waals surface area contributed by atoms with Gasteiger partial charge in [0, 0.05) is 24.7 Å². The molecule has 4 nitrogen and oxygen atoms in total. The minimum atomic E-state index is 0.118. The van der Waals surface area contributed by atoms with Gasteiger partial charge in [0.15, 0.2) is 0 Å². The van der Waals surface area contributed by atoms with Gasteiger partial charge in [0.2, 0.25) is 0 Å². The van der Waals surface area contributed by atoms with Gasteiger partial charge >= 0.3 is 0 Å². The van der Waals surface area contributed by atoms with Gasteiger partial charge in [-0.1, -0.05) is 12.8 Å². The summed E-state index contributed by atoms with van der Waals surface area (Å²) in [6, 6.07) is 0.376. The molecule has 1 atom stereocenters. The van der Waals surface area contributed by atoms with Crippen LogP contribution in [0.3, 0.4) is 0 Å². The lowest BCUT2D eigenvalue weighted by Crippen LogP contribution is -2.61. The standard InChI is InChI=1S/C13H27N3O/c1-13(2,16-7-9-17-10-8-16)12(15-14)6-5-11-3-4-11/h11-12,15H,3-10,14H2,1-2H3. The second-order valence-electron chi connectivity index (χ2n) is 5.99. The molecule has 17 heavy (non-hydrogen) atoms. The van der Waals surface area contributed by atoms with Crippen molar-refractivity contribution in [2.45, 2.75) is 51.1 Å². The summed E-state index contributed by atoms with van der Waals surface area (Å²) in [5, 5.41) is 0. The zero-order chi connectivity index (χ0) is 12.3. The highest BCUT2D eigenvalue weighted by atomic mass is 16.5. The van der Waals surface area contributed by atoms with E-state index >= 15 is 0 Å². The average Bonchev–Trinajstić information content (AvgIpc) is 3.15. The Morgan fingerprint density at radius 1 is 1.35 bits per heavy atom. The molecule has 2 aliphatic rings. The van der Waals surface area contributed by atoms with E-state index in [9.17, 15) is 0 Å². The van der Waals surface area contributed by atoms with Gasteiger partial charge < -0.3 is 4.74 Å². The molecule has 100 valence electrons. The monoisotopic (exact) mass is 241 g/mol. The number of rotatable bonds is 6. The zero-order valence-electron chi connectivity index (χ0n) is 11.2. The van der Waals surface area contributed by atoms with Gasteiger partial charge in [-0.15, -0.1) is 0 Å². The third-order valence-electron chi connectivity index (χ3n) is 4.44. The summed E-state index contributed by atoms with van der Waals surface area (Å²) in [4.78, 5) is 2.51. The predicted molar refractivity (Wildman–Crippen MR) is 69.5 cm³/mol. The molecule has 3 N–H and O–H groups in total. The minimum absolute atomic E-state index is 0.118. The molecule has 0 aromatic rings. The second kappa shape index (κ2) is 5.65. The van der Waals surface area contributed by atoms with Gasteiger partial charge in [-0.3, -0.25) is 16.2 Å².